The van der Waals surface area contributed by atoms with Gasteiger partial charge in [-0.25, -0.2) is 0 Å². The first-order valence-electron chi connectivity index (χ1n) is 6.98. The van der Waals surface area contributed by atoms with Crippen molar-refractivity contribution in [3.63, 3.8) is 0 Å². The Hall–Kier alpha value is -0.420. The largest absolute Gasteiger partial charge is 0.372 e. The van der Waals surface area contributed by atoms with Gasteiger partial charge in [-0.1, -0.05) is 6.92 Å². The van der Waals surface area contributed by atoms with Gasteiger partial charge in [-0.15, -0.1) is 11.3 Å². The third-order valence-corrected chi connectivity index (χ3v) is 5.43. The highest BCUT2D eigenvalue weighted by atomic mass is 32.1. The van der Waals surface area contributed by atoms with E-state index in [-0.39, 0.29) is 0 Å². The first-order chi connectivity index (χ1) is 8.80. The van der Waals surface area contributed by atoms with Crippen LogP contribution in [0.2, 0.25) is 0 Å². The SMILES string of the molecule is CCc1ccc(C(CN)N2CC3CCC(C2)O3)s1. The van der Waals surface area contributed by atoms with Crippen LogP contribution in [0.25, 0.3) is 0 Å². The topological polar surface area (TPSA) is 38.5 Å². The van der Waals surface area contributed by atoms with E-state index in [1.54, 1.807) is 0 Å². The predicted molar refractivity (Wildman–Crippen MR) is 75.0 cm³/mol. The summed E-state index contributed by atoms with van der Waals surface area (Å²) in [5, 5.41) is 0. The average molecular weight is 266 g/mol. The zero-order valence-electron chi connectivity index (χ0n) is 11.0. The summed E-state index contributed by atoms with van der Waals surface area (Å²) in [4.78, 5) is 5.42. The summed E-state index contributed by atoms with van der Waals surface area (Å²) in [7, 11) is 0. The van der Waals surface area contributed by atoms with Crippen molar-refractivity contribution in [3.8, 4) is 0 Å². The lowest BCUT2D eigenvalue weighted by Gasteiger charge is -2.37. The van der Waals surface area contributed by atoms with Crippen LogP contribution in [0.3, 0.4) is 0 Å². The first-order valence-corrected chi connectivity index (χ1v) is 7.80. The van der Waals surface area contributed by atoms with Crippen LogP contribution in [-0.4, -0.2) is 36.7 Å². The van der Waals surface area contributed by atoms with Gasteiger partial charge in [0, 0.05) is 29.4 Å². The minimum absolute atomic E-state index is 0.391. The van der Waals surface area contributed by atoms with Gasteiger partial charge in [0.1, 0.15) is 0 Å². The minimum atomic E-state index is 0.391. The molecule has 3 heterocycles. The Morgan fingerprint density at radius 2 is 2.11 bits per heavy atom. The van der Waals surface area contributed by atoms with Crippen molar-refractivity contribution in [2.24, 2.45) is 5.73 Å². The Labute approximate surface area is 113 Å². The molecule has 3 rings (SSSR count). The number of aryl methyl sites for hydroxylation is 1. The highest BCUT2D eigenvalue weighted by Gasteiger charge is 2.36. The monoisotopic (exact) mass is 266 g/mol. The zero-order valence-corrected chi connectivity index (χ0v) is 11.8. The Morgan fingerprint density at radius 1 is 1.39 bits per heavy atom. The normalized spacial score (nSPS) is 29.7. The molecule has 2 aliphatic heterocycles. The van der Waals surface area contributed by atoms with Gasteiger partial charge < -0.3 is 10.5 Å². The summed E-state index contributed by atoms with van der Waals surface area (Å²) < 4.78 is 5.91. The van der Waals surface area contributed by atoms with E-state index in [1.165, 1.54) is 22.6 Å². The second-order valence-electron chi connectivity index (χ2n) is 5.32. The molecule has 1 aromatic heterocycles. The van der Waals surface area contributed by atoms with E-state index in [0.29, 0.717) is 24.8 Å². The van der Waals surface area contributed by atoms with Crippen molar-refractivity contribution in [2.75, 3.05) is 19.6 Å². The quantitative estimate of drug-likeness (QED) is 0.908. The Kier molecular flexibility index (Phi) is 3.71. The molecule has 2 N–H and O–H groups in total. The summed E-state index contributed by atoms with van der Waals surface area (Å²) in [5.74, 6) is 0. The lowest BCUT2D eigenvalue weighted by molar-refractivity contribution is -0.0516. The van der Waals surface area contributed by atoms with Crippen LogP contribution >= 0.6 is 11.3 Å². The fourth-order valence-electron chi connectivity index (χ4n) is 3.11. The highest BCUT2D eigenvalue weighted by Crippen LogP contribution is 2.33. The summed E-state index contributed by atoms with van der Waals surface area (Å²) in [6, 6.07) is 4.90. The maximum absolute atomic E-state index is 6.02. The number of hydrogen-bond donors (Lipinski definition) is 1. The van der Waals surface area contributed by atoms with Gasteiger partial charge in [0.2, 0.25) is 0 Å². The molecule has 2 saturated heterocycles. The van der Waals surface area contributed by atoms with Crippen LogP contribution in [0.4, 0.5) is 0 Å². The van der Waals surface area contributed by atoms with Gasteiger partial charge in [0.05, 0.1) is 18.2 Å². The second kappa shape index (κ2) is 5.29. The molecule has 3 atom stereocenters. The summed E-state index contributed by atoms with van der Waals surface area (Å²) in [5.41, 5.74) is 6.02. The van der Waals surface area contributed by atoms with E-state index in [9.17, 15) is 0 Å². The molecule has 18 heavy (non-hydrogen) atoms. The van der Waals surface area contributed by atoms with Crippen LogP contribution < -0.4 is 5.73 Å². The standard InChI is InChI=1S/C14H22N2OS/c1-2-12-5-6-14(18-12)13(7-15)16-8-10-3-4-11(9-16)17-10/h5-6,10-11,13H,2-4,7-9,15H2,1H3. The third-order valence-electron chi connectivity index (χ3n) is 4.10. The number of likely N-dealkylation sites (tertiary alicyclic amines) is 1. The Bertz CT molecular complexity index is 394. The molecule has 100 valence electrons. The molecule has 3 nitrogen and oxygen atoms in total. The summed E-state index contributed by atoms with van der Waals surface area (Å²) in [6.45, 7) is 5.03. The van der Waals surface area contributed by atoms with Crippen LogP contribution in [0.1, 0.15) is 35.6 Å². The lowest BCUT2D eigenvalue weighted by Crippen LogP contribution is -2.46. The van der Waals surface area contributed by atoms with Crippen molar-refractivity contribution >= 4 is 11.3 Å². The van der Waals surface area contributed by atoms with E-state index in [2.05, 4.69) is 24.0 Å². The van der Waals surface area contributed by atoms with Gasteiger partial charge in [0.15, 0.2) is 0 Å². The van der Waals surface area contributed by atoms with Crippen molar-refractivity contribution in [1.29, 1.82) is 0 Å². The zero-order chi connectivity index (χ0) is 12.5. The fraction of sp³-hybridized carbons (Fsp3) is 0.714. The molecular weight excluding hydrogens is 244 g/mol. The van der Waals surface area contributed by atoms with E-state index in [4.69, 9.17) is 10.5 Å². The molecule has 0 spiro atoms. The molecule has 0 amide bonds. The second-order valence-corrected chi connectivity index (χ2v) is 6.52. The third kappa shape index (κ3) is 2.35. The van der Waals surface area contributed by atoms with Gasteiger partial charge >= 0.3 is 0 Å². The van der Waals surface area contributed by atoms with Gasteiger partial charge in [0.25, 0.3) is 0 Å². The average Bonchev–Trinajstić information content (AvgIpc) is 2.98. The first kappa shape index (κ1) is 12.6. The number of nitrogens with two attached hydrogens (primary N) is 1. The van der Waals surface area contributed by atoms with Crippen molar-refractivity contribution < 1.29 is 4.74 Å². The summed E-state index contributed by atoms with van der Waals surface area (Å²) in [6.07, 6.45) is 4.47. The van der Waals surface area contributed by atoms with Gasteiger partial charge in [-0.05, 0) is 31.4 Å². The van der Waals surface area contributed by atoms with Crippen LogP contribution in [0, 0.1) is 0 Å². The lowest BCUT2D eigenvalue weighted by atomic mass is 10.1. The van der Waals surface area contributed by atoms with Gasteiger partial charge in [-0.2, -0.15) is 0 Å². The predicted octanol–water partition coefficient (Wildman–Crippen LogP) is 2.17. The van der Waals surface area contributed by atoms with Crippen LogP contribution in [0.15, 0.2) is 12.1 Å². The number of rotatable bonds is 4. The molecule has 1 aromatic rings. The summed E-state index contributed by atoms with van der Waals surface area (Å²) >= 11 is 1.92. The Morgan fingerprint density at radius 3 is 2.67 bits per heavy atom. The van der Waals surface area contributed by atoms with Crippen LogP contribution in [-0.2, 0) is 11.2 Å². The van der Waals surface area contributed by atoms with E-state index in [1.807, 2.05) is 11.3 Å². The van der Waals surface area contributed by atoms with Crippen molar-refractivity contribution in [3.05, 3.63) is 21.9 Å². The molecule has 0 radical (unpaired) electrons. The number of ether oxygens (including phenoxy) is 1. The van der Waals surface area contributed by atoms with Crippen molar-refractivity contribution in [1.82, 2.24) is 4.90 Å². The molecule has 4 heteroatoms. The van der Waals surface area contributed by atoms with Crippen LogP contribution in [0.5, 0.6) is 0 Å². The molecule has 0 saturated carbocycles. The Balaban J connectivity index is 1.75. The molecule has 0 aliphatic carbocycles. The van der Waals surface area contributed by atoms with E-state index < -0.39 is 0 Å². The molecular formula is C14H22N2OS. The number of fused-ring (bicyclic) bond motifs is 2. The highest BCUT2D eigenvalue weighted by molar-refractivity contribution is 7.12. The van der Waals surface area contributed by atoms with Crippen molar-refractivity contribution in [2.45, 2.75) is 44.4 Å². The molecule has 0 aromatic carbocycles. The molecule has 2 fully saturated rings. The molecule has 3 unspecified atom stereocenters. The number of morpholine rings is 1. The number of hydrogen-bond acceptors (Lipinski definition) is 4. The number of thiophene rings is 1. The number of nitrogens with zero attached hydrogens (tertiary/aromatic N) is 1. The minimum Gasteiger partial charge on any atom is -0.372 e. The molecule has 2 bridgehead atoms. The maximum atomic E-state index is 6.02. The van der Waals surface area contributed by atoms with Gasteiger partial charge in [-0.3, -0.25) is 4.90 Å². The van der Waals surface area contributed by atoms with E-state index >= 15 is 0 Å². The maximum Gasteiger partial charge on any atom is 0.0707 e. The van der Waals surface area contributed by atoms with E-state index in [0.717, 1.165) is 19.5 Å². The fourth-order valence-corrected chi connectivity index (χ4v) is 4.21. The molecule has 2 aliphatic rings. The smallest absolute Gasteiger partial charge is 0.0707 e.